The summed E-state index contributed by atoms with van der Waals surface area (Å²) in [6.07, 6.45) is -7.37. The molecule has 0 heterocycles. The zero-order valence-electron chi connectivity index (χ0n) is 8.63. The lowest BCUT2D eigenvalue weighted by Crippen LogP contribution is -2.50. The van der Waals surface area contributed by atoms with Crippen LogP contribution in [0.2, 0.25) is 0 Å². The van der Waals surface area contributed by atoms with Gasteiger partial charge in [-0.15, -0.1) is 0 Å². The van der Waals surface area contributed by atoms with Gasteiger partial charge in [0.1, 0.15) is 18.3 Å². The van der Waals surface area contributed by atoms with Crippen LogP contribution < -0.4 is 0 Å². The summed E-state index contributed by atoms with van der Waals surface area (Å²) in [7, 11) is 0. The summed E-state index contributed by atoms with van der Waals surface area (Å²) in [5.41, 5.74) is 0. The highest BCUT2D eigenvalue weighted by Gasteiger charge is 2.36. The summed E-state index contributed by atoms with van der Waals surface area (Å²) < 4.78 is 4.18. The largest absolute Gasteiger partial charge is 0.473 e. The predicted molar refractivity (Wildman–Crippen MR) is 49.7 cm³/mol. The van der Waals surface area contributed by atoms with E-state index in [9.17, 15) is 19.8 Å². The molecule has 6 N–H and O–H groups in total. The van der Waals surface area contributed by atoms with Gasteiger partial charge >= 0.3 is 11.9 Å². The Balaban J connectivity index is 4.76. The van der Waals surface area contributed by atoms with Gasteiger partial charge in [0.15, 0.2) is 6.10 Å². The topological polar surface area (TPSA) is 165 Å². The number of ether oxygens (including phenoxy) is 1. The van der Waals surface area contributed by atoms with Gasteiger partial charge in [-0.25, -0.2) is 9.59 Å². The first kappa shape index (κ1) is 15.7. The molecule has 100 valence electrons. The molecular weight excluding hydrogens is 240 g/mol. The quantitative estimate of drug-likeness (QED) is 0.205. The van der Waals surface area contributed by atoms with Gasteiger partial charge < -0.3 is 35.4 Å². The van der Waals surface area contributed by atoms with Gasteiger partial charge in [-0.05, 0) is 0 Å². The lowest BCUT2D eigenvalue weighted by atomic mass is 10.0. The highest BCUT2D eigenvalue weighted by molar-refractivity contribution is 6.28. The van der Waals surface area contributed by atoms with Crippen molar-refractivity contribution in [3.63, 3.8) is 0 Å². The first-order chi connectivity index (χ1) is 7.84. The van der Waals surface area contributed by atoms with Crippen LogP contribution in [0.5, 0.6) is 0 Å². The molecule has 17 heavy (non-hydrogen) atoms. The Bertz CT molecular complexity index is 266. The molecular formula is C8H14O9. The van der Waals surface area contributed by atoms with Gasteiger partial charge in [0.05, 0.1) is 13.2 Å². The van der Waals surface area contributed by atoms with Gasteiger partial charge in [-0.3, -0.25) is 0 Å². The number of carbonyl (C=O) groups excluding carboxylic acids is 1. The lowest BCUT2D eigenvalue weighted by molar-refractivity contribution is -0.185. The molecule has 0 rings (SSSR count). The molecule has 0 saturated heterocycles. The average molecular weight is 254 g/mol. The van der Waals surface area contributed by atoms with Gasteiger partial charge in [-0.2, -0.15) is 0 Å². The minimum Gasteiger partial charge on any atom is -0.473 e. The number of hydrogen-bond donors (Lipinski definition) is 6. The molecule has 0 aromatic carbocycles. The summed E-state index contributed by atoms with van der Waals surface area (Å²) in [6, 6.07) is 0. The molecule has 0 aromatic heterocycles. The van der Waals surface area contributed by atoms with E-state index in [1.807, 2.05) is 0 Å². The molecule has 9 heteroatoms. The van der Waals surface area contributed by atoms with Crippen LogP contribution in [0, 0.1) is 0 Å². The monoisotopic (exact) mass is 254 g/mol. The van der Waals surface area contributed by atoms with Crippen LogP contribution >= 0.6 is 0 Å². The van der Waals surface area contributed by atoms with E-state index in [1.54, 1.807) is 0 Å². The van der Waals surface area contributed by atoms with Crippen LogP contribution in [-0.2, 0) is 14.3 Å². The number of carboxylic acid groups (broad SMARTS) is 1. The third-order valence-corrected chi connectivity index (χ3v) is 1.90. The van der Waals surface area contributed by atoms with Crippen molar-refractivity contribution in [2.24, 2.45) is 0 Å². The third-order valence-electron chi connectivity index (χ3n) is 1.90. The van der Waals surface area contributed by atoms with E-state index in [1.165, 1.54) is 0 Å². The molecule has 0 aliphatic heterocycles. The van der Waals surface area contributed by atoms with E-state index in [-0.39, 0.29) is 0 Å². The molecule has 4 atom stereocenters. The fourth-order valence-electron chi connectivity index (χ4n) is 0.981. The summed E-state index contributed by atoms with van der Waals surface area (Å²) in [4.78, 5) is 20.9. The zero-order valence-corrected chi connectivity index (χ0v) is 8.63. The predicted octanol–water partition coefficient (Wildman–Crippen LogP) is -3.95. The highest BCUT2D eigenvalue weighted by atomic mass is 16.6. The van der Waals surface area contributed by atoms with Crippen molar-refractivity contribution in [1.82, 2.24) is 0 Å². The molecule has 0 saturated carbocycles. The maximum absolute atomic E-state index is 10.7. The molecule has 0 aliphatic carbocycles. The van der Waals surface area contributed by atoms with Crippen LogP contribution in [0.25, 0.3) is 0 Å². The van der Waals surface area contributed by atoms with Crippen LogP contribution in [0.15, 0.2) is 0 Å². The fourth-order valence-corrected chi connectivity index (χ4v) is 0.981. The Labute approximate surface area is 95.5 Å². The zero-order chi connectivity index (χ0) is 13.6. The molecule has 0 fully saturated rings. The second-order valence-electron chi connectivity index (χ2n) is 3.17. The molecule has 9 nitrogen and oxygen atoms in total. The molecule has 0 aliphatic rings. The third kappa shape index (κ3) is 4.63. The number of aliphatic carboxylic acids is 1. The van der Waals surface area contributed by atoms with Crippen molar-refractivity contribution >= 4 is 11.9 Å². The first-order valence-corrected chi connectivity index (χ1v) is 4.55. The molecule has 0 amide bonds. The number of aliphatic hydroxyl groups is 5. The number of esters is 1. The highest BCUT2D eigenvalue weighted by Crippen LogP contribution is 2.10. The second kappa shape index (κ2) is 7.14. The van der Waals surface area contributed by atoms with Crippen molar-refractivity contribution in [3.05, 3.63) is 0 Å². The van der Waals surface area contributed by atoms with Gasteiger partial charge in [0, 0.05) is 0 Å². The van der Waals surface area contributed by atoms with Crippen LogP contribution in [0.1, 0.15) is 0 Å². The van der Waals surface area contributed by atoms with E-state index >= 15 is 0 Å². The van der Waals surface area contributed by atoms with E-state index in [0.717, 1.165) is 0 Å². The van der Waals surface area contributed by atoms with Gasteiger partial charge in [0.25, 0.3) is 0 Å². The summed E-state index contributed by atoms with van der Waals surface area (Å²) in [6.45, 7) is -1.84. The standard InChI is InChI=1S/C8H14O9/c9-1-3(11)5(13)6(4(12)2-10)17-8(16)7(14)15/h3-6,9-13H,1-2H2,(H,14,15)/t3-,4-,5-,6-/m1/s1. The van der Waals surface area contributed by atoms with Crippen LogP contribution in [0.3, 0.4) is 0 Å². The van der Waals surface area contributed by atoms with E-state index < -0.39 is 49.6 Å². The van der Waals surface area contributed by atoms with Crippen LogP contribution in [0.4, 0.5) is 0 Å². The van der Waals surface area contributed by atoms with Crippen molar-refractivity contribution in [3.8, 4) is 0 Å². The molecule has 0 bridgehead atoms. The maximum Gasteiger partial charge on any atom is 0.417 e. The van der Waals surface area contributed by atoms with Crippen molar-refractivity contribution in [2.45, 2.75) is 24.4 Å². The van der Waals surface area contributed by atoms with E-state index in [0.29, 0.717) is 0 Å². The average Bonchev–Trinajstić information content (AvgIpc) is 2.32. The minimum atomic E-state index is -1.97. The summed E-state index contributed by atoms with van der Waals surface area (Å²) >= 11 is 0. The SMILES string of the molecule is O=C(O)C(=O)O[C@@H]([C@H](O)[C@H](O)CO)[C@H](O)CO. The van der Waals surface area contributed by atoms with Crippen molar-refractivity contribution in [1.29, 1.82) is 0 Å². The van der Waals surface area contributed by atoms with Gasteiger partial charge in [-0.1, -0.05) is 0 Å². The van der Waals surface area contributed by atoms with Crippen molar-refractivity contribution < 1.29 is 45.0 Å². The first-order valence-electron chi connectivity index (χ1n) is 4.55. The van der Waals surface area contributed by atoms with E-state index in [4.69, 9.17) is 20.4 Å². The number of carboxylic acids is 1. The smallest absolute Gasteiger partial charge is 0.417 e. The number of rotatable bonds is 6. The molecule has 0 radical (unpaired) electrons. The van der Waals surface area contributed by atoms with E-state index in [2.05, 4.69) is 4.74 Å². The number of carbonyl (C=O) groups is 2. The Morgan fingerprint density at radius 1 is 1.00 bits per heavy atom. The molecule has 0 unspecified atom stereocenters. The van der Waals surface area contributed by atoms with Gasteiger partial charge in [0.2, 0.25) is 0 Å². The minimum absolute atomic E-state index is 0.902. The second-order valence-corrected chi connectivity index (χ2v) is 3.17. The normalized spacial score (nSPS) is 17.9. The fraction of sp³-hybridized carbons (Fsp3) is 0.750. The summed E-state index contributed by atoms with van der Waals surface area (Å²) in [5, 5.41) is 53.0. The van der Waals surface area contributed by atoms with Crippen molar-refractivity contribution in [2.75, 3.05) is 13.2 Å². The number of aliphatic hydroxyl groups excluding tert-OH is 5. The molecule has 0 spiro atoms. The number of hydrogen-bond acceptors (Lipinski definition) is 8. The Hall–Kier alpha value is -1.26. The Morgan fingerprint density at radius 3 is 1.82 bits per heavy atom. The molecule has 0 aromatic rings. The Morgan fingerprint density at radius 2 is 1.47 bits per heavy atom. The van der Waals surface area contributed by atoms with Crippen LogP contribution in [-0.4, -0.2) is 80.2 Å². The Kier molecular flexibility index (Phi) is 6.61. The lowest BCUT2D eigenvalue weighted by Gasteiger charge is -2.27. The maximum atomic E-state index is 10.7. The summed E-state index contributed by atoms with van der Waals surface area (Å²) in [5.74, 6) is -3.74.